The molecule has 39 heavy (non-hydrogen) atoms. The molecule has 0 fully saturated rings. The number of tetrazole rings is 1. The van der Waals surface area contributed by atoms with Gasteiger partial charge in [0, 0.05) is 16.3 Å². The van der Waals surface area contributed by atoms with Crippen LogP contribution in [0, 0.1) is 5.92 Å². The number of nitrogens with one attached hydrogen (secondary N) is 1. The lowest BCUT2D eigenvalue weighted by atomic mass is 9.90. The summed E-state index contributed by atoms with van der Waals surface area (Å²) >= 11 is 6.31. The number of amides is 1. The lowest BCUT2D eigenvalue weighted by Crippen LogP contribution is -2.25. The van der Waals surface area contributed by atoms with E-state index in [1.165, 1.54) is 18.5 Å². The molecule has 1 amide bonds. The van der Waals surface area contributed by atoms with Crippen LogP contribution in [0.1, 0.15) is 28.4 Å². The summed E-state index contributed by atoms with van der Waals surface area (Å²) in [5, 5.41) is 24.1. The van der Waals surface area contributed by atoms with Crippen molar-refractivity contribution in [2.24, 2.45) is 5.92 Å². The molecule has 4 rings (SSSR count). The van der Waals surface area contributed by atoms with Crippen molar-refractivity contribution in [2.45, 2.75) is 13.3 Å². The van der Waals surface area contributed by atoms with Crippen molar-refractivity contribution in [3.05, 3.63) is 131 Å². The highest BCUT2D eigenvalue weighted by Crippen LogP contribution is 2.28. The molecule has 0 aliphatic heterocycles. The predicted molar refractivity (Wildman–Crippen MR) is 152 cm³/mol. The molecule has 4 aromatic rings. The van der Waals surface area contributed by atoms with Crippen LogP contribution in [0.4, 0.5) is 5.69 Å². The molecule has 1 aromatic heterocycles. The van der Waals surface area contributed by atoms with Crippen LogP contribution < -0.4 is 5.32 Å². The molecule has 0 radical (unpaired) electrons. The normalized spacial score (nSPS) is 12.6. The molecule has 0 aliphatic rings. The number of nitrogens with zero attached hydrogens (tertiary/aromatic N) is 4. The van der Waals surface area contributed by atoms with Crippen molar-refractivity contribution >= 4 is 34.7 Å². The molecule has 0 aliphatic carbocycles. The highest BCUT2D eigenvalue weighted by atomic mass is 35.5. The van der Waals surface area contributed by atoms with E-state index >= 15 is 0 Å². The van der Waals surface area contributed by atoms with Gasteiger partial charge in [-0.25, -0.2) is 4.79 Å². The smallest absolute Gasteiger partial charge is 0.335 e. The number of rotatable bonds is 10. The van der Waals surface area contributed by atoms with Crippen molar-refractivity contribution in [1.82, 2.24) is 20.2 Å². The highest BCUT2D eigenvalue weighted by molar-refractivity contribution is 6.30. The van der Waals surface area contributed by atoms with Crippen molar-refractivity contribution in [1.29, 1.82) is 0 Å². The van der Waals surface area contributed by atoms with Gasteiger partial charge in [0.15, 0.2) is 0 Å². The highest BCUT2D eigenvalue weighted by Gasteiger charge is 2.21. The van der Waals surface area contributed by atoms with Gasteiger partial charge in [-0.15, -0.1) is 5.10 Å². The number of halogens is 1. The Labute approximate surface area is 231 Å². The molecule has 1 atom stereocenters. The molecule has 0 bridgehead atoms. The Balaban J connectivity index is 1.66. The molecule has 8 nitrogen and oxygen atoms in total. The first-order valence-electron chi connectivity index (χ1n) is 12.1. The minimum atomic E-state index is -1.03. The first-order chi connectivity index (χ1) is 18.9. The van der Waals surface area contributed by atoms with Gasteiger partial charge in [-0.3, -0.25) is 4.79 Å². The number of hydrogen-bond acceptors (Lipinski definition) is 5. The summed E-state index contributed by atoms with van der Waals surface area (Å²) in [6.45, 7) is 5.87. The first kappa shape index (κ1) is 27.2. The lowest BCUT2D eigenvalue weighted by Gasteiger charge is -2.18. The number of aromatic carboxylic acids is 1. The van der Waals surface area contributed by atoms with E-state index in [0.717, 1.165) is 28.0 Å². The van der Waals surface area contributed by atoms with Gasteiger partial charge < -0.3 is 10.4 Å². The second-order valence-corrected chi connectivity index (χ2v) is 9.20. The average molecular weight is 540 g/mol. The van der Waals surface area contributed by atoms with Crippen LogP contribution in [0.15, 0.2) is 110 Å². The van der Waals surface area contributed by atoms with Crippen LogP contribution in [0.25, 0.3) is 11.3 Å². The number of allylic oxidation sites excluding steroid dienone is 4. The van der Waals surface area contributed by atoms with E-state index in [4.69, 9.17) is 16.7 Å². The number of carboxylic acids is 1. The summed E-state index contributed by atoms with van der Waals surface area (Å²) < 4.78 is 1.54. The van der Waals surface area contributed by atoms with Crippen LogP contribution in [-0.4, -0.2) is 37.2 Å². The Morgan fingerprint density at radius 3 is 2.46 bits per heavy atom. The SMILES string of the molecule is C=C/C(=C\C=C(/C)C(Cc1ccccc1)C(=O)Nc1ccc(C(=O)O)cc1)c1cc(Cl)ccc1-n1cnnn1. The van der Waals surface area contributed by atoms with Gasteiger partial charge in [-0.1, -0.05) is 72.3 Å². The zero-order chi connectivity index (χ0) is 27.8. The van der Waals surface area contributed by atoms with E-state index in [9.17, 15) is 9.59 Å². The maximum absolute atomic E-state index is 13.5. The van der Waals surface area contributed by atoms with E-state index in [2.05, 4.69) is 27.4 Å². The molecule has 0 saturated carbocycles. The third kappa shape index (κ3) is 6.94. The van der Waals surface area contributed by atoms with Gasteiger partial charge in [0.05, 0.1) is 17.2 Å². The Kier molecular flexibility index (Phi) is 8.81. The minimum Gasteiger partial charge on any atom is -0.478 e. The molecular weight excluding hydrogens is 514 g/mol. The number of carbonyl (C=O) groups excluding carboxylic acids is 1. The summed E-state index contributed by atoms with van der Waals surface area (Å²) in [4.78, 5) is 24.6. The van der Waals surface area contributed by atoms with Crippen LogP contribution in [0.5, 0.6) is 0 Å². The van der Waals surface area contributed by atoms with E-state index in [-0.39, 0.29) is 11.5 Å². The molecule has 0 saturated heterocycles. The quantitative estimate of drug-likeness (QED) is 0.238. The Morgan fingerprint density at radius 1 is 1.08 bits per heavy atom. The standard InChI is InChI=1S/C30H26ClN5O3/c1-3-22(27-18-24(31)13-16-28(27)36-19-32-34-35-36)10-9-20(2)26(17-21-7-5-4-6-8-21)29(37)33-25-14-11-23(12-15-25)30(38)39/h3-16,18-19,26H,1,17H2,2H3,(H,33,37)(H,38,39)/b20-9+,22-10+. The number of carboxylic acid groups (broad SMARTS) is 1. The second-order valence-electron chi connectivity index (χ2n) is 8.77. The van der Waals surface area contributed by atoms with E-state index in [0.29, 0.717) is 17.1 Å². The largest absolute Gasteiger partial charge is 0.478 e. The van der Waals surface area contributed by atoms with Crippen LogP contribution in [0.3, 0.4) is 0 Å². The Morgan fingerprint density at radius 2 is 1.82 bits per heavy atom. The zero-order valence-corrected chi connectivity index (χ0v) is 21.9. The molecule has 1 heterocycles. The van der Waals surface area contributed by atoms with Gasteiger partial charge in [0.1, 0.15) is 6.33 Å². The van der Waals surface area contributed by atoms with Crippen LogP contribution in [0.2, 0.25) is 5.02 Å². The third-order valence-electron chi connectivity index (χ3n) is 6.16. The third-order valence-corrected chi connectivity index (χ3v) is 6.39. The molecule has 0 spiro atoms. The topological polar surface area (TPSA) is 110 Å². The second kappa shape index (κ2) is 12.6. The number of benzene rings is 3. The van der Waals surface area contributed by atoms with E-state index < -0.39 is 11.9 Å². The van der Waals surface area contributed by atoms with Crippen LogP contribution >= 0.6 is 11.6 Å². The summed E-state index contributed by atoms with van der Waals surface area (Å²) in [7, 11) is 0. The Bertz CT molecular complexity index is 1530. The van der Waals surface area contributed by atoms with Crippen molar-refractivity contribution in [3.63, 3.8) is 0 Å². The molecule has 2 N–H and O–H groups in total. The summed E-state index contributed by atoms with van der Waals surface area (Å²) in [5.41, 5.74) is 4.77. The number of carbonyl (C=O) groups is 2. The fourth-order valence-corrected chi connectivity index (χ4v) is 4.22. The minimum absolute atomic E-state index is 0.147. The summed E-state index contributed by atoms with van der Waals surface area (Å²) in [6.07, 6.45) is 7.46. The van der Waals surface area contributed by atoms with Gasteiger partial charge in [-0.2, -0.15) is 4.68 Å². The number of anilines is 1. The fraction of sp³-hybridized carbons (Fsp3) is 0.100. The fourth-order valence-electron chi connectivity index (χ4n) is 4.05. The molecular formula is C30H26ClN5O3. The van der Waals surface area contributed by atoms with Crippen molar-refractivity contribution < 1.29 is 14.7 Å². The average Bonchev–Trinajstić information content (AvgIpc) is 3.48. The number of hydrogen-bond donors (Lipinski definition) is 2. The van der Waals surface area contributed by atoms with Crippen molar-refractivity contribution in [3.8, 4) is 5.69 Å². The maximum Gasteiger partial charge on any atom is 0.335 e. The molecule has 3 aromatic carbocycles. The monoisotopic (exact) mass is 539 g/mol. The van der Waals surface area contributed by atoms with Crippen LogP contribution in [-0.2, 0) is 11.2 Å². The Hall–Kier alpha value is -4.82. The summed E-state index contributed by atoms with van der Waals surface area (Å²) in [5.74, 6) is -1.73. The molecule has 9 heteroatoms. The number of aromatic nitrogens is 4. The van der Waals surface area contributed by atoms with Crippen molar-refractivity contribution in [2.75, 3.05) is 5.32 Å². The van der Waals surface area contributed by atoms with E-state index in [1.807, 2.05) is 61.5 Å². The van der Waals surface area contributed by atoms with E-state index in [1.54, 1.807) is 29.0 Å². The van der Waals surface area contributed by atoms with Gasteiger partial charge in [0.2, 0.25) is 5.91 Å². The zero-order valence-electron chi connectivity index (χ0n) is 21.2. The van der Waals surface area contributed by atoms with Gasteiger partial charge in [-0.05, 0) is 77.4 Å². The molecule has 1 unspecified atom stereocenters. The lowest BCUT2D eigenvalue weighted by molar-refractivity contribution is -0.118. The van der Waals surface area contributed by atoms with Gasteiger partial charge >= 0.3 is 5.97 Å². The van der Waals surface area contributed by atoms with Gasteiger partial charge in [0.25, 0.3) is 0 Å². The maximum atomic E-state index is 13.5. The molecule has 196 valence electrons. The first-order valence-corrected chi connectivity index (χ1v) is 12.5. The predicted octanol–water partition coefficient (Wildman–Crippen LogP) is 6.03. The summed E-state index contributed by atoms with van der Waals surface area (Å²) in [6, 6.07) is 21.2.